The highest BCUT2D eigenvalue weighted by Crippen LogP contribution is 2.15. The van der Waals surface area contributed by atoms with E-state index in [1.54, 1.807) is 4.90 Å². The molecule has 0 radical (unpaired) electrons. The summed E-state index contributed by atoms with van der Waals surface area (Å²) < 4.78 is 4.67. The highest BCUT2D eigenvalue weighted by atomic mass is 79.9. The first-order valence-corrected chi connectivity index (χ1v) is 5.88. The lowest BCUT2D eigenvalue weighted by Crippen LogP contribution is -2.46. The van der Waals surface area contributed by atoms with Gasteiger partial charge >= 0.3 is 6.09 Å². The fourth-order valence-electron chi connectivity index (χ4n) is 1.11. The van der Waals surface area contributed by atoms with E-state index >= 15 is 0 Å². The van der Waals surface area contributed by atoms with Gasteiger partial charge in [0.25, 0.3) is 0 Å². The molecule has 0 heterocycles. The van der Waals surface area contributed by atoms with Gasteiger partial charge in [0.15, 0.2) is 0 Å². The van der Waals surface area contributed by atoms with Gasteiger partial charge in [0.05, 0.1) is 12.4 Å². The largest absolute Gasteiger partial charge is 0.453 e. The molecule has 1 amide bonds. The molecule has 0 aromatic heterocycles. The van der Waals surface area contributed by atoms with Crippen molar-refractivity contribution in [1.82, 2.24) is 4.90 Å². The lowest BCUT2D eigenvalue weighted by Gasteiger charge is -2.34. The van der Waals surface area contributed by atoms with Crippen LogP contribution in [0.4, 0.5) is 4.79 Å². The molecule has 15 heavy (non-hydrogen) atoms. The molecule has 0 atom stereocenters. The molecule has 0 aromatic rings. The summed E-state index contributed by atoms with van der Waals surface area (Å²) >= 11 is 3.09. The van der Waals surface area contributed by atoms with Crippen molar-refractivity contribution in [2.24, 2.45) is 0 Å². The van der Waals surface area contributed by atoms with Crippen molar-refractivity contribution in [1.29, 1.82) is 0 Å². The van der Waals surface area contributed by atoms with E-state index in [1.165, 1.54) is 7.11 Å². The van der Waals surface area contributed by atoms with Crippen molar-refractivity contribution in [3.05, 3.63) is 0 Å². The Balaban J connectivity index is 4.40. The van der Waals surface area contributed by atoms with Gasteiger partial charge in [-0.25, -0.2) is 4.79 Å². The number of carbonyl (C=O) groups excluding carboxylic acids is 2. The maximum Gasteiger partial charge on any atom is 0.409 e. The van der Waals surface area contributed by atoms with Crippen LogP contribution in [0.15, 0.2) is 0 Å². The second-order valence-electron chi connectivity index (χ2n) is 4.21. The average molecular weight is 280 g/mol. The fraction of sp³-hybridized carbons (Fsp3) is 0.800. The van der Waals surface area contributed by atoms with Gasteiger partial charge in [-0.05, 0) is 20.8 Å². The normalized spacial score (nSPS) is 11.0. The van der Waals surface area contributed by atoms with Crippen LogP contribution in [0.5, 0.6) is 0 Å². The summed E-state index contributed by atoms with van der Waals surface area (Å²) in [6.45, 7) is 6.11. The summed E-state index contributed by atoms with van der Waals surface area (Å²) in [5, 5.41) is 0.326. The zero-order valence-corrected chi connectivity index (χ0v) is 11.3. The van der Waals surface area contributed by atoms with E-state index in [-0.39, 0.29) is 11.3 Å². The van der Waals surface area contributed by atoms with Crippen LogP contribution in [0.3, 0.4) is 0 Å². The van der Waals surface area contributed by atoms with Crippen LogP contribution < -0.4 is 0 Å². The first-order chi connectivity index (χ1) is 6.82. The molecule has 4 nitrogen and oxygen atoms in total. The van der Waals surface area contributed by atoms with Gasteiger partial charge in [0.1, 0.15) is 5.78 Å². The molecule has 0 fully saturated rings. The lowest BCUT2D eigenvalue weighted by atomic mass is 10.1. The maximum atomic E-state index is 11.4. The number of Topliss-reactive ketones (excluding diaryl/α,β-unsaturated/α-hetero) is 1. The average Bonchev–Trinajstić information content (AvgIpc) is 2.15. The van der Waals surface area contributed by atoms with Crippen LogP contribution >= 0.6 is 15.9 Å². The topological polar surface area (TPSA) is 46.6 Å². The van der Waals surface area contributed by atoms with E-state index < -0.39 is 6.09 Å². The third-order valence-corrected chi connectivity index (χ3v) is 2.59. The summed E-state index contributed by atoms with van der Waals surface area (Å²) in [7, 11) is 1.34. The quantitative estimate of drug-likeness (QED) is 0.742. The van der Waals surface area contributed by atoms with Crippen LogP contribution in [0.1, 0.15) is 27.2 Å². The van der Waals surface area contributed by atoms with Crippen molar-refractivity contribution in [2.75, 3.05) is 19.0 Å². The second kappa shape index (κ2) is 6.10. The molecule has 0 N–H and O–H groups in total. The minimum Gasteiger partial charge on any atom is -0.453 e. The number of rotatable bonds is 4. The lowest BCUT2D eigenvalue weighted by molar-refractivity contribution is -0.116. The Labute approximate surface area is 99.1 Å². The van der Waals surface area contributed by atoms with Gasteiger partial charge in [0, 0.05) is 18.5 Å². The molecule has 5 heteroatoms. The number of hydrogen-bond donors (Lipinski definition) is 0. The molecule has 0 aromatic carbocycles. The number of alkyl halides is 1. The van der Waals surface area contributed by atoms with E-state index in [0.29, 0.717) is 18.3 Å². The standard InChI is InChI=1S/C10H18BrNO3/c1-10(2,3)12(9(14)15-4)6-5-8(13)7-11/h5-7H2,1-4H3. The van der Waals surface area contributed by atoms with Crippen LogP contribution in [-0.2, 0) is 9.53 Å². The zero-order valence-electron chi connectivity index (χ0n) is 9.67. The Bertz CT molecular complexity index is 235. The molecule has 0 aliphatic carbocycles. The molecule has 0 aliphatic heterocycles. The number of amides is 1. The van der Waals surface area contributed by atoms with Gasteiger partial charge < -0.3 is 9.64 Å². The predicted octanol–water partition coefficient (Wildman–Crippen LogP) is 2.21. The maximum absolute atomic E-state index is 11.4. The summed E-state index contributed by atoms with van der Waals surface area (Å²) in [6.07, 6.45) is -0.0534. The molecule has 0 bridgehead atoms. The Kier molecular flexibility index (Phi) is 5.87. The molecule has 0 spiro atoms. The monoisotopic (exact) mass is 279 g/mol. The van der Waals surface area contributed by atoms with Crippen molar-refractivity contribution in [2.45, 2.75) is 32.7 Å². The number of methoxy groups -OCH3 is 1. The van der Waals surface area contributed by atoms with E-state index in [9.17, 15) is 9.59 Å². The summed E-state index contributed by atoms with van der Waals surface area (Å²) in [6, 6.07) is 0. The molecule has 0 unspecified atom stereocenters. The SMILES string of the molecule is COC(=O)N(CCC(=O)CBr)C(C)(C)C. The van der Waals surface area contributed by atoms with Crippen molar-refractivity contribution < 1.29 is 14.3 Å². The van der Waals surface area contributed by atoms with Gasteiger partial charge in [-0.3, -0.25) is 4.79 Å². The predicted molar refractivity (Wildman–Crippen MR) is 62.3 cm³/mol. The summed E-state index contributed by atoms with van der Waals surface area (Å²) in [5.41, 5.74) is -0.334. The molecule has 0 saturated carbocycles. The highest BCUT2D eigenvalue weighted by molar-refractivity contribution is 9.09. The first kappa shape index (κ1) is 14.4. The van der Waals surface area contributed by atoms with E-state index in [1.807, 2.05) is 20.8 Å². The fourth-order valence-corrected chi connectivity index (χ4v) is 1.39. The number of nitrogens with zero attached hydrogens (tertiary/aromatic N) is 1. The molecule has 88 valence electrons. The molecule has 0 rings (SSSR count). The molecular formula is C10H18BrNO3. The van der Waals surface area contributed by atoms with Crippen molar-refractivity contribution >= 4 is 27.8 Å². The van der Waals surface area contributed by atoms with Crippen molar-refractivity contribution in [3.8, 4) is 0 Å². The van der Waals surface area contributed by atoms with Crippen LogP contribution in [-0.4, -0.2) is 41.3 Å². The van der Waals surface area contributed by atoms with Crippen LogP contribution in [0.2, 0.25) is 0 Å². The van der Waals surface area contributed by atoms with Crippen LogP contribution in [0, 0.1) is 0 Å². The second-order valence-corrected chi connectivity index (χ2v) is 4.78. The Morgan fingerprint density at radius 2 is 1.87 bits per heavy atom. The zero-order chi connectivity index (χ0) is 12.1. The van der Waals surface area contributed by atoms with E-state index in [2.05, 4.69) is 20.7 Å². The smallest absolute Gasteiger partial charge is 0.409 e. The van der Waals surface area contributed by atoms with Gasteiger partial charge in [-0.15, -0.1) is 0 Å². The van der Waals surface area contributed by atoms with Gasteiger partial charge in [-0.2, -0.15) is 0 Å². The minimum atomic E-state index is -0.398. The number of halogens is 1. The number of carbonyl (C=O) groups is 2. The van der Waals surface area contributed by atoms with Crippen molar-refractivity contribution in [3.63, 3.8) is 0 Å². The first-order valence-electron chi connectivity index (χ1n) is 4.76. The Morgan fingerprint density at radius 1 is 1.33 bits per heavy atom. The molecular weight excluding hydrogens is 262 g/mol. The minimum absolute atomic E-state index is 0.0770. The molecule has 0 saturated heterocycles. The van der Waals surface area contributed by atoms with Gasteiger partial charge in [0.2, 0.25) is 0 Å². The third kappa shape index (κ3) is 5.16. The number of hydrogen-bond acceptors (Lipinski definition) is 3. The Morgan fingerprint density at radius 3 is 2.20 bits per heavy atom. The number of ether oxygens (including phenoxy) is 1. The van der Waals surface area contributed by atoms with E-state index in [0.717, 1.165) is 0 Å². The molecule has 0 aliphatic rings. The third-order valence-electron chi connectivity index (χ3n) is 1.97. The Hall–Kier alpha value is -0.580. The highest BCUT2D eigenvalue weighted by Gasteiger charge is 2.27. The van der Waals surface area contributed by atoms with Gasteiger partial charge in [-0.1, -0.05) is 15.9 Å². The van der Waals surface area contributed by atoms with Crippen LogP contribution in [0.25, 0.3) is 0 Å². The summed E-state index contributed by atoms with van der Waals surface area (Å²) in [5.74, 6) is 0.0770. The van der Waals surface area contributed by atoms with E-state index in [4.69, 9.17) is 0 Å². The summed E-state index contributed by atoms with van der Waals surface area (Å²) in [4.78, 5) is 24.1. The number of ketones is 1.